The largest absolute Gasteiger partial charge is 0.474 e. The molecule has 0 saturated carbocycles. The Balaban J connectivity index is 2.31. The van der Waals surface area contributed by atoms with Gasteiger partial charge in [-0.3, -0.25) is 4.72 Å². The van der Waals surface area contributed by atoms with E-state index in [-0.39, 0.29) is 5.94 Å². The van der Waals surface area contributed by atoms with Crippen LogP contribution < -0.4 is 9.46 Å². The summed E-state index contributed by atoms with van der Waals surface area (Å²) in [5, 5.41) is 9.24. The number of aliphatic hydroxyl groups is 1. The SMILES string of the molecule is CC(O)Cc1ccc2c(c1)NS(=O)(=O)CO2. The van der Waals surface area contributed by atoms with Crippen LogP contribution in [0.3, 0.4) is 0 Å². The maximum atomic E-state index is 11.3. The van der Waals surface area contributed by atoms with Crippen LogP contribution in [0.4, 0.5) is 5.69 Å². The number of sulfonamides is 1. The molecule has 1 heterocycles. The van der Waals surface area contributed by atoms with Crippen molar-refractivity contribution < 1.29 is 18.3 Å². The van der Waals surface area contributed by atoms with E-state index in [2.05, 4.69) is 4.72 Å². The maximum absolute atomic E-state index is 11.3. The van der Waals surface area contributed by atoms with Gasteiger partial charge in [0, 0.05) is 0 Å². The van der Waals surface area contributed by atoms with Gasteiger partial charge < -0.3 is 9.84 Å². The number of anilines is 1. The third-order valence-electron chi connectivity index (χ3n) is 2.21. The minimum absolute atomic E-state index is 0.351. The van der Waals surface area contributed by atoms with Crippen molar-refractivity contribution in [2.75, 3.05) is 10.7 Å². The number of aliphatic hydroxyl groups excluding tert-OH is 1. The zero-order valence-corrected chi connectivity index (χ0v) is 9.62. The van der Waals surface area contributed by atoms with E-state index in [1.807, 2.05) is 6.07 Å². The van der Waals surface area contributed by atoms with Crippen LogP contribution in [0.15, 0.2) is 18.2 Å². The summed E-state index contributed by atoms with van der Waals surface area (Å²) in [5.41, 5.74) is 1.30. The first-order chi connectivity index (χ1) is 7.46. The van der Waals surface area contributed by atoms with Gasteiger partial charge in [0.25, 0.3) is 10.0 Å². The predicted molar refractivity (Wildman–Crippen MR) is 59.9 cm³/mol. The molecule has 5 nitrogen and oxygen atoms in total. The smallest absolute Gasteiger partial charge is 0.268 e. The Hall–Kier alpha value is -1.27. The van der Waals surface area contributed by atoms with E-state index in [9.17, 15) is 13.5 Å². The van der Waals surface area contributed by atoms with E-state index in [1.54, 1.807) is 19.1 Å². The highest BCUT2D eigenvalue weighted by molar-refractivity contribution is 7.92. The van der Waals surface area contributed by atoms with Crippen LogP contribution in [0.1, 0.15) is 12.5 Å². The Bertz CT molecular complexity index is 496. The normalized spacial score (nSPS) is 19.1. The number of rotatable bonds is 2. The quantitative estimate of drug-likeness (QED) is 0.801. The average Bonchev–Trinajstić information content (AvgIpc) is 2.14. The molecule has 0 bridgehead atoms. The molecule has 1 aromatic rings. The van der Waals surface area contributed by atoms with Crippen molar-refractivity contribution in [1.82, 2.24) is 0 Å². The Morgan fingerprint density at radius 2 is 2.31 bits per heavy atom. The van der Waals surface area contributed by atoms with Gasteiger partial charge in [0.2, 0.25) is 5.94 Å². The fourth-order valence-electron chi connectivity index (χ4n) is 1.59. The number of nitrogens with one attached hydrogen (secondary N) is 1. The van der Waals surface area contributed by atoms with Crippen molar-refractivity contribution in [2.45, 2.75) is 19.4 Å². The first-order valence-electron chi connectivity index (χ1n) is 4.90. The van der Waals surface area contributed by atoms with Crippen LogP contribution >= 0.6 is 0 Å². The molecule has 0 saturated heterocycles. The molecule has 16 heavy (non-hydrogen) atoms. The summed E-state index contributed by atoms with van der Waals surface area (Å²) >= 11 is 0. The van der Waals surface area contributed by atoms with Gasteiger partial charge in [-0.1, -0.05) is 6.07 Å². The van der Waals surface area contributed by atoms with Gasteiger partial charge >= 0.3 is 0 Å². The van der Waals surface area contributed by atoms with Crippen molar-refractivity contribution in [2.24, 2.45) is 0 Å². The van der Waals surface area contributed by atoms with E-state index in [0.717, 1.165) is 5.56 Å². The fraction of sp³-hybridized carbons (Fsp3) is 0.400. The van der Waals surface area contributed by atoms with Crippen molar-refractivity contribution in [1.29, 1.82) is 0 Å². The highest BCUT2D eigenvalue weighted by Gasteiger charge is 2.21. The van der Waals surface area contributed by atoms with Crippen molar-refractivity contribution in [3.8, 4) is 5.75 Å². The molecule has 0 aromatic heterocycles. The van der Waals surface area contributed by atoms with Crippen LogP contribution in [0.25, 0.3) is 0 Å². The molecule has 0 aliphatic carbocycles. The molecule has 6 heteroatoms. The summed E-state index contributed by atoms with van der Waals surface area (Å²) in [6.07, 6.45) is 0.0221. The lowest BCUT2D eigenvalue weighted by Gasteiger charge is -2.20. The fourth-order valence-corrected chi connectivity index (χ4v) is 2.42. The third-order valence-corrected chi connectivity index (χ3v) is 3.17. The lowest BCUT2D eigenvalue weighted by atomic mass is 10.1. The highest BCUT2D eigenvalue weighted by Crippen LogP contribution is 2.30. The van der Waals surface area contributed by atoms with Gasteiger partial charge in [-0.05, 0) is 31.0 Å². The minimum Gasteiger partial charge on any atom is -0.474 e. The van der Waals surface area contributed by atoms with Crippen LogP contribution in [0.2, 0.25) is 0 Å². The summed E-state index contributed by atoms with van der Waals surface area (Å²) in [4.78, 5) is 0. The zero-order valence-electron chi connectivity index (χ0n) is 8.80. The van der Waals surface area contributed by atoms with Gasteiger partial charge in [-0.25, -0.2) is 8.42 Å². The number of hydrogen-bond acceptors (Lipinski definition) is 4. The summed E-state index contributed by atoms with van der Waals surface area (Å²) in [5.74, 6) is 0.166. The number of fused-ring (bicyclic) bond motifs is 1. The molecule has 1 aliphatic heterocycles. The topological polar surface area (TPSA) is 75.6 Å². The lowest BCUT2D eigenvalue weighted by Crippen LogP contribution is -2.25. The molecule has 1 aliphatic rings. The lowest BCUT2D eigenvalue weighted by molar-refractivity contribution is 0.195. The average molecular weight is 243 g/mol. The van der Waals surface area contributed by atoms with Gasteiger partial charge in [0.05, 0.1) is 11.8 Å². The van der Waals surface area contributed by atoms with E-state index in [0.29, 0.717) is 17.9 Å². The second kappa shape index (κ2) is 3.95. The van der Waals surface area contributed by atoms with Crippen LogP contribution in [0, 0.1) is 0 Å². The van der Waals surface area contributed by atoms with Gasteiger partial charge in [-0.2, -0.15) is 0 Å². The molecule has 0 spiro atoms. The van der Waals surface area contributed by atoms with Crippen molar-refractivity contribution >= 4 is 15.7 Å². The van der Waals surface area contributed by atoms with E-state index in [4.69, 9.17) is 4.74 Å². The molecule has 2 rings (SSSR count). The molecule has 1 atom stereocenters. The number of hydrogen-bond donors (Lipinski definition) is 2. The van der Waals surface area contributed by atoms with E-state index < -0.39 is 16.1 Å². The van der Waals surface area contributed by atoms with Crippen molar-refractivity contribution in [3.63, 3.8) is 0 Å². The molecule has 88 valence electrons. The molecular formula is C10H13NO4S. The molecule has 0 fully saturated rings. The molecule has 2 N–H and O–H groups in total. The zero-order chi connectivity index (χ0) is 11.8. The first-order valence-corrected chi connectivity index (χ1v) is 6.56. The van der Waals surface area contributed by atoms with Crippen LogP contribution in [-0.2, 0) is 16.4 Å². The molecular weight excluding hydrogens is 230 g/mol. The first kappa shape index (κ1) is 11.2. The monoisotopic (exact) mass is 243 g/mol. The van der Waals surface area contributed by atoms with Gasteiger partial charge in [-0.15, -0.1) is 0 Å². The van der Waals surface area contributed by atoms with Gasteiger partial charge in [0.15, 0.2) is 0 Å². The number of benzene rings is 1. The summed E-state index contributed by atoms with van der Waals surface area (Å²) in [7, 11) is -3.38. The Labute approximate surface area is 94.1 Å². The standard InChI is InChI=1S/C10H13NO4S/c1-7(12)4-8-2-3-10-9(5-8)11-16(13,14)6-15-10/h2-3,5,7,11-12H,4,6H2,1H3. The molecule has 0 radical (unpaired) electrons. The van der Waals surface area contributed by atoms with Crippen LogP contribution in [-0.4, -0.2) is 25.6 Å². The van der Waals surface area contributed by atoms with E-state index >= 15 is 0 Å². The molecule has 0 amide bonds. The second-order valence-electron chi connectivity index (χ2n) is 3.86. The second-order valence-corrected chi connectivity index (χ2v) is 5.53. The van der Waals surface area contributed by atoms with E-state index in [1.165, 1.54) is 0 Å². The number of ether oxygens (including phenoxy) is 1. The minimum atomic E-state index is -3.38. The third kappa shape index (κ3) is 2.45. The Morgan fingerprint density at radius 3 is 3.00 bits per heavy atom. The Kier molecular flexibility index (Phi) is 2.77. The maximum Gasteiger partial charge on any atom is 0.268 e. The highest BCUT2D eigenvalue weighted by atomic mass is 32.2. The van der Waals surface area contributed by atoms with Crippen LogP contribution in [0.5, 0.6) is 5.75 Å². The molecule has 1 unspecified atom stereocenters. The summed E-state index contributed by atoms with van der Waals surface area (Å²) in [6.45, 7) is 1.68. The predicted octanol–water partition coefficient (Wildman–Crippen LogP) is 0.701. The summed E-state index contributed by atoms with van der Waals surface area (Å²) in [6, 6.07) is 5.19. The molecule has 1 aromatic carbocycles. The Morgan fingerprint density at radius 1 is 1.56 bits per heavy atom. The van der Waals surface area contributed by atoms with Crippen molar-refractivity contribution in [3.05, 3.63) is 23.8 Å². The van der Waals surface area contributed by atoms with Gasteiger partial charge in [0.1, 0.15) is 5.75 Å². The summed E-state index contributed by atoms with van der Waals surface area (Å²) < 4.78 is 30.0.